The number of benzene rings is 3. The number of rotatable bonds is 6. The Bertz CT molecular complexity index is 2090. The first-order chi connectivity index (χ1) is 28.5. The van der Waals surface area contributed by atoms with E-state index in [2.05, 4.69) is 16.0 Å². The minimum atomic E-state index is -1.36. The second kappa shape index (κ2) is 19.4. The smallest absolute Gasteiger partial charge is 0.305 e. The van der Waals surface area contributed by atoms with Crippen LogP contribution >= 0.6 is 0 Å². The van der Waals surface area contributed by atoms with Gasteiger partial charge in [0.2, 0.25) is 35.4 Å². The highest BCUT2D eigenvalue weighted by molar-refractivity contribution is 5.98. The van der Waals surface area contributed by atoms with E-state index in [1.807, 2.05) is 0 Å². The van der Waals surface area contributed by atoms with E-state index in [1.165, 1.54) is 71.1 Å². The number of esters is 1. The second-order valence-corrected chi connectivity index (χ2v) is 15.0. The molecule has 6 atom stereocenters. The van der Waals surface area contributed by atoms with Gasteiger partial charge in [-0.1, -0.05) is 30.3 Å². The van der Waals surface area contributed by atoms with Crippen molar-refractivity contribution < 1.29 is 52.9 Å². The molecule has 1 fully saturated rings. The first kappa shape index (κ1) is 44.5. The van der Waals surface area contributed by atoms with Crippen molar-refractivity contribution in [3.63, 3.8) is 0 Å². The number of amides is 6. The molecule has 60 heavy (non-hydrogen) atoms. The van der Waals surface area contributed by atoms with Crippen LogP contribution in [0.2, 0.25) is 0 Å². The molecule has 17 nitrogen and oxygen atoms in total. The Kier molecular flexibility index (Phi) is 14.4. The van der Waals surface area contributed by atoms with Gasteiger partial charge in [-0.05, 0) is 73.4 Å². The van der Waals surface area contributed by atoms with E-state index in [0.717, 1.165) is 4.90 Å². The number of methoxy groups -OCH3 is 2. The third-order valence-corrected chi connectivity index (χ3v) is 10.9. The number of hydrogen-bond acceptors (Lipinski definition) is 11. The molecule has 6 bridgehead atoms. The van der Waals surface area contributed by atoms with Gasteiger partial charge in [-0.3, -0.25) is 33.6 Å². The molecular formula is C43H52N6O11. The quantitative estimate of drug-likeness (QED) is 0.261. The Morgan fingerprint density at radius 2 is 1.33 bits per heavy atom. The molecule has 3 aliphatic rings. The van der Waals surface area contributed by atoms with Crippen LogP contribution in [0.25, 0.3) is 0 Å². The SMILES string of the molecule is COC(=O)CC[C@@H]1NC(=O)[C@@H](C)NC(=O)[C@@H]2Cc3ccc(O)c(c3)Oc3ccc(cc3)C[C@@H](C(=O)N2C)N(C)C(=O)[C@H](C)NC(=O)[C@H](Cc2ccc(OC)cc2)N(C)C1=O. The molecule has 0 aliphatic carbocycles. The van der Waals surface area contributed by atoms with E-state index in [1.54, 1.807) is 54.6 Å². The molecule has 320 valence electrons. The van der Waals surface area contributed by atoms with Gasteiger partial charge in [0.05, 0.1) is 14.2 Å². The van der Waals surface area contributed by atoms with Gasteiger partial charge in [0.1, 0.15) is 47.8 Å². The molecule has 0 saturated carbocycles. The van der Waals surface area contributed by atoms with Crippen LogP contribution in [0.5, 0.6) is 23.0 Å². The summed E-state index contributed by atoms with van der Waals surface area (Å²) >= 11 is 0. The standard InChI is InChI=1S/C43H52N6O11/c1-24-38(52)46-31(17-19-37(51)59-7)42(56)47(3)32(20-26-8-13-29(58-6)14-9-26)40(54)45-25(2)41(55)49(5)34-21-27-10-15-30(16-11-27)60-36-23-28(12-18-35(36)50)22-33(39(53)44-24)48(4)43(34)57/h8-16,18,23-25,31-34,50H,17,19-22H2,1-7H3,(H,44,53)(H,45,54)(H,46,52)/t24-,25+,31+,32+,33+,34+/m1/s1. The van der Waals surface area contributed by atoms with E-state index in [0.29, 0.717) is 28.2 Å². The van der Waals surface area contributed by atoms with Crippen LogP contribution < -0.4 is 25.4 Å². The lowest BCUT2D eigenvalue weighted by atomic mass is 9.98. The van der Waals surface area contributed by atoms with E-state index in [-0.39, 0.29) is 43.6 Å². The van der Waals surface area contributed by atoms with Gasteiger partial charge in [-0.25, -0.2) is 0 Å². The maximum absolute atomic E-state index is 14.7. The maximum atomic E-state index is 14.7. The predicted molar refractivity (Wildman–Crippen MR) is 217 cm³/mol. The molecular weight excluding hydrogens is 777 g/mol. The number of likely N-dealkylation sites (N-methyl/N-ethyl adjacent to an activating group) is 3. The van der Waals surface area contributed by atoms with Gasteiger partial charge < -0.3 is 50.0 Å². The Hall–Kier alpha value is -6.65. The topological polar surface area (TPSA) is 213 Å². The molecule has 0 spiro atoms. The predicted octanol–water partition coefficient (Wildman–Crippen LogP) is 1.48. The molecule has 17 heteroatoms. The maximum Gasteiger partial charge on any atom is 0.305 e. The van der Waals surface area contributed by atoms with Crippen LogP contribution in [-0.4, -0.2) is 133 Å². The van der Waals surface area contributed by atoms with Crippen molar-refractivity contribution in [1.29, 1.82) is 0 Å². The number of aromatic hydroxyl groups is 1. The number of phenols is 1. The third-order valence-electron chi connectivity index (χ3n) is 10.9. The first-order valence-electron chi connectivity index (χ1n) is 19.5. The van der Waals surface area contributed by atoms with E-state index in [4.69, 9.17) is 14.2 Å². The molecule has 0 unspecified atom stereocenters. The minimum Gasteiger partial charge on any atom is -0.504 e. The van der Waals surface area contributed by atoms with Crippen LogP contribution in [-0.2, 0) is 57.6 Å². The largest absolute Gasteiger partial charge is 0.504 e. The number of nitrogens with zero attached hydrogens (tertiary/aromatic N) is 3. The molecule has 4 N–H and O–H groups in total. The highest BCUT2D eigenvalue weighted by Crippen LogP contribution is 2.33. The normalized spacial score (nSPS) is 23.4. The van der Waals surface area contributed by atoms with E-state index >= 15 is 0 Å². The Morgan fingerprint density at radius 3 is 1.98 bits per heavy atom. The zero-order chi connectivity index (χ0) is 43.8. The Balaban J connectivity index is 1.60. The van der Waals surface area contributed by atoms with Crippen LogP contribution in [0.1, 0.15) is 43.4 Å². The Labute approximate surface area is 348 Å². The molecule has 3 aromatic carbocycles. The third kappa shape index (κ3) is 10.5. The van der Waals surface area contributed by atoms with Gasteiger partial charge in [0.15, 0.2) is 11.5 Å². The molecule has 1 saturated heterocycles. The van der Waals surface area contributed by atoms with Gasteiger partial charge in [-0.15, -0.1) is 0 Å². The summed E-state index contributed by atoms with van der Waals surface area (Å²) in [5.74, 6) is -3.93. The fraction of sp³-hybridized carbons (Fsp3) is 0.419. The summed E-state index contributed by atoms with van der Waals surface area (Å²) < 4.78 is 16.0. The fourth-order valence-electron chi connectivity index (χ4n) is 7.13. The summed E-state index contributed by atoms with van der Waals surface area (Å²) in [6, 6.07) is 10.6. The van der Waals surface area contributed by atoms with E-state index in [9.17, 15) is 38.7 Å². The minimum absolute atomic E-state index is 0.000347. The number of nitrogens with one attached hydrogen (secondary N) is 3. The summed E-state index contributed by atoms with van der Waals surface area (Å²) in [5.41, 5.74) is 1.77. The van der Waals surface area contributed by atoms with Crippen molar-refractivity contribution in [2.75, 3.05) is 35.4 Å². The molecule has 3 aliphatic heterocycles. The lowest BCUT2D eigenvalue weighted by Crippen LogP contribution is -2.62. The molecule has 6 amide bonds. The highest BCUT2D eigenvalue weighted by atomic mass is 16.5. The molecule has 6 rings (SSSR count). The number of carbonyl (C=O) groups excluding carboxylic acids is 7. The van der Waals surface area contributed by atoms with Gasteiger partial charge in [-0.2, -0.15) is 0 Å². The number of phenolic OH excluding ortho intramolecular Hbond substituents is 1. The Morgan fingerprint density at radius 1 is 0.717 bits per heavy atom. The summed E-state index contributed by atoms with van der Waals surface area (Å²) in [6.07, 6.45) is -0.607. The van der Waals surface area contributed by atoms with Crippen molar-refractivity contribution in [2.45, 2.75) is 82.2 Å². The number of hydrogen-bond donors (Lipinski definition) is 4. The van der Waals surface area contributed by atoms with Crippen LogP contribution in [0.15, 0.2) is 66.7 Å². The first-order valence-corrected chi connectivity index (χ1v) is 19.5. The van der Waals surface area contributed by atoms with Gasteiger partial charge in [0.25, 0.3) is 0 Å². The van der Waals surface area contributed by atoms with Crippen molar-refractivity contribution in [3.05, 3.63) is 83.4 Å². The highest BCUT2D eigenvalue weighted by Gasteiger charge is 2.40. The van der Waals surface area contributed by atoms with Gasteiger partial charge in [0, 0.05) is 46.8 Å². The molecule has 0 radical (unpaired) electrons. The van der Waals surface area contributed by atoms with Gasteiger partial charge >= 0.3 is 5.97 Å². The zero-order valence-corrected chi connectivity index (χ0v) is 34.7. The summed E-state index contributed by atoms with van der Waals surface area (Å²) in [4.78, 5) is 102. The lowest BCUT2D eigenvalue weighted by Gasteiger charge is -2.37. The monoisotopic (exact) mass is 828 g/mol. The lowest BCUT2D eigenvalue weighted by molar-refractivity contribution is -0.149. The second-order valence-electron chi connectivity index (χ2n) is 15.0. The molecule has 3 aromatic rings. The van der Waals surface area contributed by atoms with Crippen LogP contribution in [0.4, 0.5) is 0 Å². The van der Waals surface area contributed by atoms with Crippen LogP contribution in [0, 0.1) is 0 Å². The number of fused-ring (bicyclic) bond motifs is 2. The summed E-state index contributed by atoms with van der Waals surface area (Å²) in [5, 5.41) is 18.7. The fourth-order valence-corrected chi connectivity index (χ4v) is 7.13. The van der Waals surface area contributed by atoms with Crippen molar-refractivity contribution in [2.24, 2.45) is 0 Å². The van der Waals surface area contributed by atoms with E-state index < -0.39 is 77.7 Å². The summed E-state index contributed by atoms with van der Waals surface area (Å²) in [7, 11) is 6.92. The van der Waals surface area contributed by atoms with Crippen molar-refractivity contribution in [3.8, 4) is 23.0 Å². The average molecular weight is 829 g/mol. The van der Waals surface area contributed by atoms with Crippen molar-refractivity contribution >= 4 is 41.4 Å². The molecule has 0 aromatic heterocycles. The summed E-state index contributed by atoms with van der Waals surface area (Å²) in [6.45, 7) is 2.86. The molecule has 3 heterocycles. The zero-order valence-electron chi connectivity index (χ0n) is 34.7. The number of ether oxygens (including phenoxy) is 3. The average Bonchev–Trinajstić information content (AvgIpc) is 3.24. The number of carbonyl (C=O) groups is 7. The van der Waals surface area contributed by atoms with Crippen molar-refractivity contribution in [1.82, 2.24) is 30.7 Å². The van der Waals surface area contributed by atoms with Crippen LogP contribution in [0.3, 0.4) is 0 Å².